The average molecular weight is 482 g/mol. The van der Waals surface area contributed by atoms with E-state index >= 15 is 0 Å². The molecule has 2 rings (SSSR count). The van der Waals surface area contributed by atoms with Gasteiger partial charge in [-0.3, -0.25) is 14.4 Å². The second kappa shape index (κ2) is 13.6. The predicted molar refractivity (Wildman–Crippen MR) is 126 cm³/mol. The van der Waals surface area contributed by atoms with Crippen LogP contribution >= 0.6 is 11.6 Å². The van der Waals surface area contributed by atoms with E-state index in [1.165, 1.54) is 0 Å². The van der Waals surface area contributed by atoms with Crippen LogP contribution in [-0.2, 0) is 30.5 Å². The molecule has 33 heavy (non-hydrogen) atoms. The SMILES string of the molecule is CCCC(CC1(C(=O)NC(COCc2ccc(Cl)cc2)CC(=O)OCC)CCCC1)C(=O)O. The maximum Gasteiger partial charge on any atom is 0.307 e. The van der Waals surface area contributed by atoms with Crippen molar-refractivity contribution in [3.8, 4) is 0 Å². The predicted octanol–water partition coefficient (Wildman–Crippen LogP) is 4.75. The van der Waals surface area contributed by atoms with E-state index < -0.39 is 29.3 Å². The molecule has 184 valence electrons. The van der Waals surface area contributed by atoms with Crippen molar-refractivity contribution in [1.82, 2.24) is 5.32 Å². The first kappa shape index (κ1) is 27.1. The summed E-state index contributed by atoms with van der Waals surface area (Å²) in [5, 5.41) is 13.3. The van der Waals surface area contributed by atoms with Gasteiger partial charge in [-0.25, -0.2) is 0 Å². The van der Waals surface area contributed by atoms with Gasteiger partial charge in [0.15, 0.2) is 0 Å². The Labute approximate surface area is 201 Å². The van der Waals surface area contributed by atoms with Crippen molar-refractivity contribution in [2.45, 2.75) is 77.9 Å². The zero-order valence-corrected chi connectivity index (χ0v) is 20.4. The number of nitrogens with one attached hydrogen (secondary N) is 1. The molecule has 7 nitrogen and oxygen atoms in total. The van der Waals surface area contributed by atoms with Crippen molar-refractivity contribution < 1.29 is 29.0 Å². The molecule has 0 spiro atoms. The van der Waals surface area contributed by atoms with Crippen LogP contribution < -0.4 is 5.32 Å². The molecule has 0 aliphatic heterocycles. The summed E-state index contributed by atoms with van der Waals surface area (Å²) in [6.45, 7) is 4.39. The number of ether oxygens (including phenoxy) is 2. The summed E-state index contributed by atoms with van der Waals surface area (Å²) in [4.78, 5) is 37.3. The molecule has 1 amide bonds. The van der Waals surface area contributed by atoms with Crippen LogP contribution in [0, 0.1) is 11.3 Å². The Balaban J connectivity index is 2.07. The molecule has 1 saturated carbocycles. The van der Waals surface area contributed by atoms with E-state index in [1.54, 1.807) is 19.1 Å². The van der Waals surface area contributed by atoms with Crippen molar-refractivity contribution in [3.05, 3.63) is 34.9 Å². The van der Waals surface area contributed by atoms with Crippen LogP contribution in [0.1, 0.15) is 70.8 Å². The third-order valence-corrected chi connectivity index (χ3v) is 6.47. The van der Waals surface area contributed by atoms with Gasteiger partial charge in [-0.1, -0.05) is 49.9 Å². The van der Waals surface area contributed by atoms with Gasteiger partial charge in [0.2, 0.25) is 5.91 Å². The quantitative estimate of drug-likeness (QED) is 0.372. The smallest absolute Gasteiger partial charge is 0.307 e. The molecule has 0 bridgehead atoms. The molecule has 2 unspecified atom stereocenters. The molecular formula is C25H36ClNO6. The Kier molecular flexibility index (Phi) is 11.1. The van der Waals surface area contributed by atoms with Gasteiger partial charge in [-0.15, -0.1) is 0 Å². The lowest BCUT2D eigenvalue weighted by Crippen LogP contribution is -2.48. The number of carbonyl (C=O) groups is 3. The van der Waals surface area contributed by atoms with Crippen LogP contribution in [0.5, 0.6) is 0 Å². The highest BCUT2D eigenvalue weighted by atomic mass is 35.5. The van der Waals surface area contributed by atoms with Crippen molar-refractivity contribution >= 4 is 29.4 Å². The summed E-state index contributed by atoms with van der Waals surface area (Å²) in [5.41, 5.74) is 0.207. The van der Waals surface area contributed by atoms with Crippen LogP contribution in [0.15, 0.2) is 24.3 Å². The Hall–Kier alpha value is -2.12. The number of aliphatic carboxylic acids is 1. The third-order valence-electron chi connectivity index (χ3n) is 6.22. The fourth-order valence-corrected chi connectivity index (χ4v) is 4.65. The fourth-order valence-electron chi connectivity index (χ4n) is 4.52. The fraction of sp³-hybridized carbons (Fsp3) is 0.640. The highest BCUT2D eigenvalue weighted by Gasteiger charge is 2.44. The summed E-state index contributed by atoms with van der Waals surface area (Å²) in [7, 11) is 0. The molecule has 1 aliphatic rings. The van der Waals surface area contributed by atoms with E-state index in [2.05, 4.69) is 5.32 Å². The maximum absolute atomic E-state index is 13.4. The summed E-state index contributed by atoms with van der Waals surface area (Å²) in [6.07, 6.45) is 4.70. The second-order valence-electron chi connectivity index (χ2n) is 8.84. The van der Waals surface area contributed by atoms with Gasteiger partial charge < -0.3 is 19.9 Å². The molecule has 8 heteroatoms. The van der Waals surface area contributed by atoms with Crippen LogP contribution in [0.4, 0.5) is 0 Å². The van der Waals surface area contributed by atoms with Crippen molar-refractivity contribution in [1.29, 1.82) is 0 Å². The molecule has 0 radical (unpaired) electrons. The number of halogens is 1. The molecule has 0 heterocycles. The minimum atomic E-state index is -0.856. The van der Waals surface area contributed by atoms with Gasteiger partial charge in [0.25, 0.3) is 0 Å². The summed E-state index contributed by atoms with van der Waals surface area (Å²) < 4.78 is 10.9. The molecule has 0 saturated heterocycles. The zero-order valence-electron chi connectivity index (χ0n) is 19.6. The van der Waals surface area contributed by atoms with E-state index in [4.69, 9.17) is 21.1 Å². The van der Waals surface area contributed by atoms with E-state index in [0.717, 1.165) is 24.8 Å². The number of carboxylic acids is 1. The first-order valence-corrected chi connectivity index (χ1v) is 12.2. The molecule has 1 aromatic rings. The lowest BCUT2D eigenvalue weighted by Gasteiger charge is -2.32. The highest BCUT2D eigenvalue weighted by molar-refractivity contribution is 6.30. The third kappa shape index (κ3) is 8.63. The van der Waals surface area contributed by atoms with Crippen LogP contribution in [0.3, 0.4) is 0 Å². The number of hydrogen-bond donors (Lipinski definition) is 2. The largest absolute Gasteiger partial charge is 0.481 e. The van der Waals surface area contributed by atoms with Crippen LogP contribution in [0.2, 0.25) is 5.02 Å². The summed E-state index contributed by atoms with van der Waals surface area (Å²) in [5.74, 6) is -2.01. The minimum absolute atomic E-state index is 0.00635. The lowest BCUT2D eigenvalue weighted by atomic mass is 9.75. The summed E-state index contributed by atoms with van der Waals surface area (Å²) in [6, 6.07) is 6.70. The van der Waals surface area contributed by atoms with Crippen LogP contribution in [-0.4, -0.2) is 42.2 Å². The number of hydrogen-bond acceptors (Lipinski definition) is 5. The van der Waals surface area contributed by atoms with E-state index in [9.17, 15) is 19.5 Å². The number of rotatable bonds is 14. The van der Waals surface area contributed by atoms with Crippen molar-refractivity contribution in [2.24, 2.45) is 11.3 Å². The van der Waals surface area contributed by atoms with Gasteiger partial charge in [0.1, 0.15) is 0 Å². The van der Waals surface area contributed by atoms with Crippen molar-refractivity contribution in [3.63, 3.8) is 0 Å². The maximum atomic E-state index is 13.4. The van der Waals surface area contributed by atoms with Gasteiger partial charge in [0, 0.05) is 5.02 Å². The number of esters is 1. The molecule has 2 N–H and O–H groups in total. The van der Waals surface area contributed by atoms with Crippen molar-refractivity contribution in [2.75, 3.05) is 13.2 Å². The lowest BCUT2D eigenvalue weighted by molar-refractivity contribution is -0.145. The molecule has 1 aromatic carbocycles. The van der Waals surface area contributed by atoms with Gasteiger partial charge in [-0.2, -0.15) is 0 Å². The van der Waals surface area contributed by atoms with E-state index in [-0.39, 0.29) is 25.5 Å². The molecule has 1 fully saturated rings. The Morgan fingerprint density at radius 3 is 2.39 bits per heavy atom. The number of carboxylic acid groups (broad SMARTS) is 1. The number of carbonyl (C=O) groups excluding carboxylic acids is 2. The van der Waals surface area contributed by atoms with Gasteiger partial charge >= 0.3 is 11.9 Å². The number of benzene rings is 1. The monoisotopic (exact) mass is 481 g/mol. The molecular weight excluding hydrogens is 446 g/mol. The molecule has 0 aromatic heterocycles. The van der Waals surface area contributed by atoms with Gasteiger partial charge in [-0.05, 0) is 50.3 Å². The first-order chi connectivity index (χ1) is 15.8. The zero-order chi connectivity index (χ0) is 24.3. The van der Waals surface area contributed by atoms with E-state index in [1.807, 2.05) is 19.1 Å². The standard InChI is InChI=1S/C25H36ClNO6/c1-3-7-19(23(29)30)15-25(12-5-6-13-25)24(31)27-21(14-22(28)33-4-2)17-32-16-18-8-10-20(26)11-9-18/h8-11,19,21H,3-7,12-17H2,1-2H3,(H,27,31)(H,29,30). The highest BCUT2D eigenvalue weighted by Crippen LogP contribution is 2.44. The second-order valence-corrected chi connectivity index (χ2v) is 9.27. The van der Waals surface area contributed by atoms with E-state index in [0.29, 0.717) is 37.3 Å². The Morgan fingerprint density at radius 2 is 1.82 bits per heavy atom. The molecule has 2 atom stereocenters. The Morgan fingerprint density at radius 1 is 1.15 bits per heavy atom. The first-order valence-electron chi connectivity index (χ1n) is 11.8. The normalized spacial score (nSPS) is 16.7. The Bertz CT molecular complexity index is 776. The molecule has 1 aliphatic carbocycles. The topological polar surface area (TPSA) is 102 Å². The van der Waals surface area contributed by atoms with Gasteiger partial charge in [0.05, 0.1) is 43.6 Å². The van der Waals surface area contributed by atoms with Crippen LogP contribution in [0.25, 0.3) is 0 Å². The average Bonchev–Trinajstić information content (AvgIpc) is 3.25. The summed E-state index contributed by atoms with van der Waals surface area (Å²) >= 11 is 5.91. The minimum Gasteiger partial charge on any atom is -0.481 e. The number of amides is 1.